The van der Waals surface area contributed by atoms with Gasteiger partial charge >= 0.3 is 5.69 Å². The van der Waals surface area contributed by atoms with Crippen molar-refractivity contribution in [3.63, 3.8) is 0 Å². The third kappa shape index (κ3) is 4.69. The second kappa shape index (κ2) is 9.17. The second-order valence-electron chi connectivity index (χ2n) is 6.95. The number of hydrogen-bond donors (Lipinski definition) is 1. The fourth-order valence-electron chi connectivity index (χ4n) is 3.35. The molecule has 31 heavy (non-hydrogen) atoms. The summed E-state index contributed by atoms with van der Waals surface area (Å²) in [5, 5.41) is 14.4. The van der Waals surface area contributed by atoms with E-state index in [-0.39, 0.29) is 17.3 Å². The summed E-state index contributed by atoms with van der Waals surface area (Å²) in [5.74, 6) is 2.11. The summed E-state index contributed by atoms with van der Waals surface area (Å²) in [6.45, 7) is 1.59. The molecule has 8 nitrogen and oxygen atoms in total. The molecule has 0 atom stereocenters. The van der Waals surface area contributed by atoms with Crippen molar-refractivity contribution < 1.29 is 9.31 Å². The minimum absolute atomic E-state index is 0.0462. The molecule has 1 aromatic carbocycles. The third-order valence-electron chi connectivity index (χ3n) is 5.01. The van der Waals surface area contributed by atoms with Crippen molar-refractivity contribution >= 4 is 46.1 Å². The Kier molecular flexibility index (Phi) is 6.17. The lowest BCUT2D eigenvalue weighted by Crippen LogP contribution is -2.33. The zero-order valence-corrected chi connectivity index (χ0v) is 17.7. The lowest BCUT2D eigenvalue weighted by Gasteiger charge is -2.29. The lowest BCUT2D eigenvalue weighted by atomic mass is 10.2. The maximum Gasteiger partial charge on any atom is 0.311 e. The third-order valence-corrected chi connectivity index (χ3v) is 5.95. The standard InChI is InChI=1S/C21H21FN6O2S/c1-26(16-6-8-23-9-7-16)20-5-4-19(28(29)30)21(25-20)24-15-2-3-18(17(22)14-15)27-10-12-31-13-11-27/h2-9,14H,10-13H2,1H3,(H,24,25). The Hall–Kier alpha value is -3.40. The quantitative estimate of drug-likeness (QED) is 0.440. The molecule has 0 spiro atoms. The van der Waals surface area contributed by atoms with Crippen molar-refractivity contribution in [2.75, 3.05) is 46.8 Å². The molecule has 4 rings (SSSR count). The van der Waals surface area contributed by atoms with Crippen LogP contribution in [0, 0.1) is 15.9 Å². The fourth-order valence-corrected chi connectivity index (χ4v) is 4.25. The molecule has 1 N–H and O–H groups in total. The molecule has 0 amide bonds. The highest BCUT2D eigenvalue weighted by molar-refractivity contribution is 7.99. The predicted molar refractivity (Wildman–Crippen MR) is 122 cm³/mol. The molecule has 1 fully saturated rings. The van der Waals surface area contributed by atoms with E-state index in [9.17, 15) is 14.5 Å². The average Bonchev–Trinajstić information content (AvgIpc) is 2.79. The van der Waals surface area contributed by atoms with Crippen LogP contribution in [0.5, 0.6) is 0 Å². The van der Waals surface area contributed by atoms with Crippen molar-refractivity contribution in [2.24, 2.45) is 0 Å². The molecule has 10 heteroatoms. The van der Waals surface area contributed by atoms with Gasteiger partial charge in [-0.2, -0.15) is 11.8 Å². The van der Waals surface area contributed by atoms with Crippen LogP contribution in [0.2, 0.25) is 0 Å². The minimum atomic E-state index is -0.512. The van der Waals surface area contributed by atoms with Crippen LogP contribution in [0.15, 0.2) is 54.9 Å². The molecule has 1 aliphatic rings. The van der Waals surface area contributed by atoms with E-state index >= 15 is 0 Å². The van der Waals surface area contributed by atoms with Gasteiger partial charge in [0.05, 0.1) is 10.6 Å². The fraction of sp³-hybridized carbons (Fsp3) is 0.238. The molecule has 1 aliphatic heterocycles. The molecule has 0 unspecified atom stereocenters. The van der Waals surface area contributed by atoms with E-state index in [0.717, 1.165) is 30.3 Å². The van der Waals surface area contributed by atoms with Gasteiger partial charge in [0.2, 0.25) is 5.82 Å². The molecule has 3 heterocycles. The first kappa shape index (κ1) is 20.9. The SMILES string of the molecule is CN(c1ccncc1)c1ccc([N+](=O)[O-])c(Nc2ccc(N3CCSCC3)c(F)c2)n1. The number of pyridine rings is 2. The highest BCUT2D eigenvalue weighted by Gasteiger charge is 2.20. The zero-order valence-electron chi connectivity index (χ0n) is 16.9. The first-order valence-electron chi connectivity index (χ1n) is 9.71. The van der Waals surface area contributed by atoms with Crippen LogP contribution < -0.4 is 15.1 Å². The Labute approximate surface area is 183 Å². The van der Waals surface area contributed by atoms with Gasteiger partial charge in [0.15, 0.2) is 0 Å². The topological polar surface area (TPSA) is 87.4 Å². The predicted octanol–water partition coefficient (Wildman–Crippen LogP) is 4.59. The average molecular weight is 441 g/mol. The molecule has 3 aromatic rings. The van der Waals surface area contributed by atoms with Crippen LogP contribution in [0.4, 0.5) is 38.8 Å². The van der Waals surface area contributed by atoms with Crippen molar-refractivity contribution in [2.45, 2.75) is 0 Å². The lowest BCUT2D eigenvalue weighted by molar-refractivity contribution is -0.384. The van der Waals surface area contributed by atoms with Crippen LogP contribution in [0.1, 0.15) is 0 Å². The Morgan fingerprint density at radius 2 is 1.90 bits per heavy atom. The van der Waals surface area contributed by atoms with Gasteiger partial charge in [0.1, 0.15) is 11.6 Å². The number of thioether (sulfide) groups is 1. The van der Waals surface area contributed by atoms with E-state index in [1.54, 1.807) is 42.5 Å². The summed E-state index contributed by atoms with van der Waals surface area (Å²) in [5.41, 5.74) is 1.58. The number of rotatable bonds is 6. The highest BCUT2D eigenvalue weighted by Crippen LogP contribution is 2.32. The number of anilines is 5. The first-order chi connectivity index (χ1) is 15.0. The number of halogens is 1. The Bertz CT molecular complexity index is 1080. The number of nitro groups is 1. The molecule has 160 valence electrons. The Balaban J connectivity index is 1.62. The maximum atomic E-state index is 14.8. The number of nitrogens with zero attached hydrogens (tertiary/aromatic N) is 5. The maximum absolute atomic E-state index is 14.8. The van der Waals surface area contributed by atoms with Crippen LogP contribution in [-0.4, -0.2) is 46.5 Å². The number of aromatic nitrogens is 2. The molecule has 0 bridgehead atoms. The van der Waals surface area contributed by atoms with Crippen LogP contribution in [-0.2, 0) is 0 Å². The van der Waals surface area contributed by atoms with Gasteiger partial charge in [0.25, 0.3) is 0 Å². The molecular weight excluding hydrogens is 419 g/mol. The van der Waals surface area contributed by atoms with Gasteiger partial charge in [0, 0.05) is 61.5 Å². The van der Waals surface area contributed by atoms with E-state index in [4.69, 9.17) is 0 Å². The van der Waals surface area contributed by atoms with Crippen LogP contribution in [0.25, 0.3) is 0 Å². The molecule has 0 aliphatic carbocycles. The summed E-state index contributed by atoms with van der Waals surface area (Å²) in [6.07, 6.45) is 3.31. The molecule has 2 aromatic heterocycles. The summed E-state index contributed by atoms with van der Waals surface area (Å²) in [7, 11) is 1.80. The van der Waals surface area contributed by atoms with E-state index in [0.29, 0.717) is 17.2 Å². The van der Waals surface area contributed by atoms with E-state index in [1.807, 2.05) is 28.8 Å². The monoisotopic (exact) mass is 440 g/mol. The summed E-state index contributed by atoms with van der Waals surface area (Å²) < 4.78 is 14.8. The van der Waals surface area contributed by atoms with Gasteiger partial charge in [-0.25, -0.2) is 9.37 Å². The number of hydrogen-bond acceptors (Lipinski definition) is 8. The van der Waals surface area contributed by atoms with E-state index in [2.05, 4.69) is 15.3 Å². The van der Waals surface area contributed by atoms with Gasteiger partial charge in [-0.05, 0) is 36.4 Å². The van der Waals surface area contributed by atoms with Gasteiger partial charge < -0.3 is 15.1 Å². The molecule has 0 saturated carbocycles. The van der Waals surface area contributed by atoms with Crippen LogP contribution in [0.3, 0.4) is 0 Å². The van der Waals surface area contributed by atoms with E-state index < -0.39 is 4.92 Å². The zero-order chi connectivity index (χ0) is 21.8. The smallest absolute Gasteiger partial charge is 0.311 e. The Morgan fingerprint density at radius 3 is 2.58 bits per heavy atom. The second-order valence-corrected chi connectivity index (χ2v) is 8.17. The number of nitrogens with one attached hydrogen (secondary N) is 1. The summed E-state index contributed by atoms with van der Waals surface area (Å²) >= 11 is 1.85. The van der Waals surface area contributed by atoms with Crippen LogP contribution >= 0.6 is 11.8 Å². The largest absolute Gasteiger partial charge is 0.368 e. The summed E-state index contributed by atoms with van der Waals surface area (Å²) in [6, 6.07) is 11.3. The van der Waals surface area contributed by atoms with Gasteiger partial charge in [-0.1, -0.05) is 0 Å². The molecular formula is C21H21FN6O2S. The minimum Gasteiger partial charge on any atom is -0.368 e. The van der Waals surface area contributed by atoms with Crippen molar-refractivity contribution in [1.82, 2.24) is 9.97 Å². The normalized spacial score (nSPS) is 13.7. The van der Waals surface area contributed by atoms with E-state index in [1.165, 1.54) is 12.1 Å². The molecule has 0 radical (unpaired) electrons. The van der Waals surface area contributed by atoms with Gasteiger partial charge in [-0.3, -0.25) is 15.1 Å². The summed E-state index contributed by atoms with van der Waals surface area (Å²) in [4.78, 5) is 23.2. The van der Waals surface area contributed by atoms with Crippen molar-refractivity contribution in [3.8, 4) is 0 Å². The highest BCUT2D eigenvalue weighted by atomic mass is 32.2. The van der Waals surface area contributed by atoms with Crippen molar-refractivity contribution in [1.29, 1.82) is 0 Å². The van der Waals surface area contributed by atoms with Gasteiger partial charge in [-0.15, -0.1) is 0 Å². The molecule has 1 saturated heterocycles. The van der Waals surface area contributed by atoms with Crippen molar-refractivity contribution in [3.05, 3.63) is 70.8 Å². The Morgan fingerprint density at radius 1 is 1.16 bits per heavy atom. The first-order valence-corrected chi connectivity index (χ1v) is 10.9. The number of benzene rings is 1.